The number of rotatable bonds is 12. The molecule has 2 aromatic heterocycles. The molecule has 190 valence electrons. The minimum Gasteiger partial charge on any atom is -0.462 e. The molecule has 0 aliphatic heterocycles. The summed E-state index contributed by atoms with van der Waals surface area (Å²) in [5, 5.41) is 12.1. The van der Waals surface area contributed by atoms with Crippen LogP contribution in [0, 0.1) is 6.92 Å². The molecule has 0 bridgehead atoms. The predicted molar refractivity (Wildman–Crippen MR) is 140 cm³/mol. The van der Waals surface area contributed by atoms with Gasteiger partial charge in [0, 0.05) is 13.0 Å². The van der Waals surface area contributed by atoms with Gasteiger partial charge >= 0.3 is 11.9 Å². The highest BCUT2D eigenvalue weighted by atomic mass is 32.2. The summed E-state index contributed by atoms with van der Waals surface area (Å²) in [4.78, 5) is 38.0. The molecule has 0 fully saturated rings. The molecule has 0 aliphatic carbocycles. The van der Waals surface area contributed by atoms with E-state index in [4.69, 9.17) is 9.47 Å². The van der Waals surface area contributed by atoms with Gasteiger partial charge in [-0.1, -0.05) is 48.2 Å². The van der Waals surface area contributed by atoms with Crippen LogP contribution in [0.2, 0.25) is 0 Å². The number of allylic oxidation sites excluding steroid dienone is 1. The molecular weight excluding hydrogens is 500 g/mol. The average Bonchev–Trinajstić information content (AvgIpc) is 3.39. The minimum atomic E-state index is -0.610. The third-order valence-corrected chi connectivity index (χ3v) is 7.14. The zero-order valence-electron chi connectivity index (χ0n) is 20.4. The van der Waals surface area contributed by atoms with Crippen LogP contribution in [-0.2, 0) is 27.2 Å². The number of amides is 1. The van der Waals surface area contributed by atoms with Crippen LogP contribution in [0.25, 0.3) is 0 Å². The highest BCUT2D eigenvalue weighted by Crippen LogP contribution is 2.34. The number of thiophene rings is 1. The lowest BCUT2D eigenvalue weighted by atomic mass is 10.1. The van der Waals surface area contributed by atoms with E-state index in [1.165, 1.54) is 11.8 Å². The Bertz CT molecular complexity index is 1240. The van der Waals surface area contributed by atoms with E-state index < -0.39 is 11.9 Å². The number of nitrogens with one attached hydrogen (secondary N) is 1. The fraction of sp³-hybridized carbons (Fsp3) is 0.320. The molecular formula is C25H28N4O5S2. The second-order valence-electron chi connectivity index (χ2n) is 7.50. The second kappa shape index (κ2) is 13.0. The van der Waals surface area contributed by atoms with Crippen molar-refractivity contribution in [3.8, 4) is 0 Å². The van der Waals surface area contributed by atoms with Crippen molar-refractivity contribution in [1.82, 2.24) is 14.8 Å². The van der Waals surface area contributed by atoms with E-state index in [2.05, 4.69) is 22.1 Å². The van der Waals surface area contributed by atoms with Gasteiger partial charge in [-0.25, -0.2) is 9.59 Å². The largest absolute Gasteiger partial charge is 0.462 e. The van der Waals surface area contributed by atoms with Crippen LogP contribution >= 0.6 is 23.1 Å². The van der Waals surface area contributed by atoms with E-state index in [9.17, 15) is 14.4 Å². The summed E-state index contributed by atoms with van der Waals surface area (Å²) in [6.45, 7) is 9.68. The Balaban J connectivity index is 1.76. The molecule has 36 heavy (non-hydrogen) atoms. The lowest BCUT2D eigenvalue weighted by Crippen LogP contribution is -2.17. The Labute approximate surface area is 217 Å². The van der Waals surface area contributed by atoms with Crippen LogP contribution in [0.4, 0.5) is 5.00 Å². The molecule has 1 amide bonds. The maximum atomic E-state index is 12.8. The quantitative estimate of drug-likeness (QED) is 0.208. The minimum absolute atomic E-state index is 0.0224. The number of hydrogen-bond donors (Lipinski definition) is 1. The third kappa shape index (κ3) is 6.61. The highest BCUT2D eigenvalue weighted by molar-refractivity contribution is 7.99. The van der Waals surface area contributed by atoms with Gasteiger partial charge in [-0.15, -0.1) is 28.1 Å². The van der Waals surface area contributed by atoms with Crippen molar-refractivity contribution in [2.24, 2.45) is 0 Å². The molecule has 1 N–H and O–H groups in total. The number of carbonyl (C=O) groups is 3. The topological polar surface area (TPSA) is 112 Å². The Morgan fingerprint density at radius 3 is 2.47 bits per heavy atom. The van der Waals surface area contributed by atoms with E-state index in [-0.39, 0.29) is 40.3 Å². The van der Waals surface area contributed by atoms with Gasteiger partial charge in [-0.05, 0) is 31.9 Å². The molecule has 1 aromatic carbocycles. The van der Waals surface area contributed by atoms with E-state index in [0.29, 0.717) is 23.7 Å². The van der Waals surface area contributed by atoms with Gasteiger partial charge in [0.15, 0.2) is 5.16 Å². The number of esters is 2. The number of carbonyl (C=O) groups excluding carboxylic acids is 3. The smallest absolute Gasteiger partial charge is 0.348 e. The van der Waals surface area contributed by atoms with Crippen molar-refractivity contribution < 1.29 is 23.9 Å². The Kier molecular flexibility index (Phi) is 9.83. The Hall–Kier alpha value is -3.44. The SMILES string of the molecule is C=CCn1c(Cc2ccccc2)nnc1SCC(=O)Nc1sc(C(=O)OCC)c(C)c1C(=O)OCC. The highest BCUT2D eigenvalue weighted by Gasteiger charge is 2.27. The predicted octanol–water partition coefficient (Wildman–Crippen LogP) is 4.51. The number of hydrogen-bond acceptors (Lipinski definition) is 9. The molecule has 0 atom stereocenters. The van der Waals surface area contributed by atoms with Gasteiger partial charge in [0.05, 0.1) is 24.5 Å². The molecule has 3 aromatic rings. The van der Waals surface area contributed by atoms with Crippen LogP contribution in [0.5, 0.6) is 0 Å². The number of aromatic nitrogens is 3. The van der Waals surface area contributed by atoms with Gasteiger partial charge < -0.3 is 19.4 Å². The van der Waals surface area contributed by atoms with Gasteiger partial charge in [0.25, 0.3) is 0 Å². The number of nitrogens with zero attached hydrogens (tertiary/aromatic N) is 3. The molecule has 0 unspecified atom stereocenters. The summed E-state index contributed by atoms with van der Waals surface area (Å²) in [5.41, 5.74) is 1.67. The van der Waals surface area contributed by atoms with Crippen molar-refractivity contribution in [2.75, 3.05) is 24.3 Å². The lowest BCUT2D eigenvalue weighted by molar-refractivity contribution is -0.113. The summed E-state index contributed by atoms with van der Waals surface area (Å²) < 4.78 is 12.1. The van der Waals surface area contributed by atoms with Crippen molar-refractivity contribution in [3.05, 3.63) is 70.4 Å². The zero-order chi connectivity index (χ0) is 26.1. The first-order chi connectivity index (χ1) is 17.4. The Morgan fingerprint density at radius 2 is 1.81 bits per heavy atom. The second-order valence-corrected chi connectivity index (χ2v) is 9.46. The number of anilines is 1. The maximum Gasteiger partial charge on any atom is 0.348 e. The summed E-state index contributed by atoms with van der Waals surface area (Å²) in [6, 6.07) is 9.92. The molecule has 11 heteroatoms. The fourth-order valence-corrected chi connectivity index (χ4v) is 5.25. The summed E-state index contributed by atoms with van der Waals surface area (Å²) in [5.74, 6) is -0.736. The number of benzene rings is 1. The summed E-state index contributed by atoms with van der Waals surface area (Å²) >= 11 is 2.21. The molecule has 0 aliphatic rings. The molecule has 0 saturated heterocycles. The van der Waals surface area contributed by atoms with E-state index in [1.807, 2.05) is 34.9 Å². The monoisotopic (exact) mass is 528 g/mol. The van der Waals surface area contributed by atoms with Crippen LogP contribution < -0.4 is 5.32 Å². The van der Waals surface area contributed by atoms with Crippen molar-refractivity contribution >= 4 is 45.9 Å². The third-order valence-electron chi connectivity index (χ3n) is 4.98. The number of ether oxygens (including phenoxy) is 2. The average molecular weight is 529 g/mol. The summed E-state index contributed by atoms with van der Waals surface area (Å²) in [7, 11) is 0. The van der Waals surface area contributed by atoms with E-state index >= 15 is 0 Å². The van der Waals surface area contributed by atoms with Gasteiger partial charge in [0.1, 0.15) is 15.7 Å². The molecule has 0 radical (unpaired) electrons. The number of thioether (sulfide) groups is 1. The normalized spacial score (nSPS) is 10.6. The molecule has 3 rings (SSSR count). The van der Waals surface area contributed by atoms with Crippen molar-refractivity contribution in [2.45, 2.75) is 38.9 Å². The van der Waals surface area contributed by atoms with Gasteiger partial charge in [-0.3, -0.25) is 4.79 Å². The van der Waals surface area contributed by atoms with Crippen LogP contribution in [-0.4, -0.2) is 51.6 Å². The van der Waals surface area contributed by atoms with E-state index in [1.54, 1.807) is 26.8 Å². The van der Waals surface area contributed by atoms with Crippen molar-refractivity contribution in [3.63, 3.8) is 0 Å². The van der Waals surface area contributed by atoms with Crippen LogP contribution in [0.1, 0.15) is 50.8 Å². The first-order valence-electron chi connectivity index (χ1n) is 11.4. The van der Waals surface area contributed by atoms with Crippen LogP contribution in [0.15, 0.2) is 48.1 Å². The molecule has 0 saturated carbocycles. The zero-order valence-corrected chi connectivity index (χ0v) is 22.0. The molecule has 2 heterocycles. The Morgan fingerprint density at radius 1 is 1.11 bits per heavy atom. The van der Waals surface area contributed by atoms with Crippen LogP contribution in [0.3, 0.4) is 0 Å². The maximum absolute atomic E-state index is 12.8. The lowest BCUT2D eigenvalue weighted by Gasteiger charge is -2.09. The van der Waals surface area contributed by atoms with Gasteiger partial charge in [0.2, 0.25) is 5.91 Å². The molecule has 0 spiro atoms. The van der Waals surface area contributed by atoms with Crippen molar-refractivity contribution in [1.29, 1.82) is 0 Å². The first-order valence-corrected chi connectivity index (χ1v) is 13.2. The van der Waals surface area contributed by atoms with Gasteiger partial charge in [-0.2, -0.15) is 0 Å². The standard InChI is InChI=1S/C25H28N4O5S2/c1-5-13-29-18(14-17-11-9-8-10-12-17)27-28-25(29)35-15-19(30)26-22-20(23(31)33-6-2)16(4)21(36-22)24(32)34-7-3/h5,8-12H,1,6-7,13-15H2,2-4H3,(H,26,30). The first kappa shape index (κ1) is 27.2. The summed E-state index contributed by atoms with van der Waals surface area (Å²) in [6.07, 6.45) is 2.35. The fourth-order valence-electron chi connectivity index (χ4n) is 3.38. The van der Waals surface area contributed by atoms with E-state index in [0.717, 1.165) is 22.7 Å². The molecule has 9 nitrogen and oxygen atoms in total.